The molecule has 0 saturated carbocycles. The number of hydrogen-bond donors (Lipinski definition) is 1. The molecule has 0 aromatic heterocycles. The number of amides is 1. The maximum absolute atomic E-state index is 11.0. The third kappa shape index (κ3) is 3.89. The molecular weight excluding hydrogens is 174 g/mol. The second kappa shape index (κ2) is 5.53. The van der Waals surface area contributed by atoms with E-state index in [4.69, 9.17) is 4.74 Å². The second-order valence-electron chi connectivity index (χ2n) is 2.67. The van der Waals surface area contributed by atoms with Crippen molar-refractivity contribution in [2.24, 2.45) is 0 Å². The van der Waals surface area contributed by atoms with Crippen LogP contribution in [0, 0.1) is 0 Å². The highest BCUT2D eigenvalue weighted by molar-refractivity contribution is 5.85. The van der Waals surface area contributed by atoms with Gasteiger partial charge in [0.2, 0.25) is 0 Å². The fourth-order valence-corrected chi connectivity index (χ4v) is 0.871. The van der Waals surface area contributed by atoms with Crippen LogP contribution >= 0.6 is 0 Å². The van der Waals surface area contributed by atoms with E-state index < -0.39 is 12.1 Å². The van der Waals surface area contributed by atoms with Gasteiger partial charge in [0.05, 0.1) is 13.2 Å². The summed E-state index contributed by atoms with van der Waals surface area (Å²) in [7, 11) is 2.71. The monoisotopic (exact) mass is 189 g/mol. The number of hydrogen-bond acceptors (Lipinski definition) is 4. The first kappa shape index (κ1) is 11.9. The summed E-state index contributed by atoms with van der Waals surface area (Å²) in [5.41, 5.74) is 0. The summed E-state index contributed by atoms with van der Waals surface area (Å²) in [6.45, 7) is 3.08. The lowest BCUT2D eigenvalue weighted by Crippen LogP contribution is -2.47. The van der Waals surface area contributed by atoms with Crippen LogP contribution in [-0.4, -0.2) is 38.2 Å². The van der Waals surface area contributed by atoms with Gasteiger partial charge in [0.1, 0.15) is 6.04 Å². The van der Waals surface area contributed by atoms with E-state index in [9.17, 15) is 9.59 Å². The normalized spacial score (nSPS) is 14.5. The lowest BCUT2D eigenvalue weighted by Gasteiger charge is -2.20. The van der Waals surface area contributed by atoms with Crippen LogP contribution in [0.5, 0.6) is 0 Å². The van der Waals surface area contributed by atoms with Crippen molar-refractivity contribution in [2.45, 2.75) is 26.0 Å². The predicted molar refractivity (Wildman–Crippen MR) is 46.5 cm³/mol. The molecule has 0 saturated heterocycles. The molecular formula is C8H15NO4. The maximum Gasteiger partial charge on any atom is 0.407 e. The Morgan fingerprint density at radius 3 is 2.15 bits per heavy atom. The molecule has 5 heteroatoms. The van der Waals surface area contributed by atoms with Crippen LogP contribution in [0.15, 0.2) is 0 Å². The Labute approximate surface area is 77.4 Å². The fourth-order valence-electron chi connectivity index (χ4n) is 0.871. The van der Waals surface area contributed by atoms with Crippen LogP contribution < -0.4 is 5.32 Å². The molecule has 0 fully saturated rings. The third-order valence-electron chi connectivity index (χ3n) is 1.74. The molecule has 0 aliphatic heterocycles. The molecule has 0 aliphatic rings. The number of carbonyl (C=O) groups excluding carboxylic acids is 2. The Morgan fingerprint density at radius 2 is 1.85 bits per heavy atom. The summed E-state index contributed by atoms with van der Waals surface area (Å²) in [5, 5.41) is 2.38. The highest BCUT2D eigenvalue weighted by atomic mass is 16.5. The van der Waals surface area contributed by atoms with E-state index in [1.54, 1.807) is 6.92 Å². The zero-order chi connectivity index (χ0) is 10.4. The summed E-state index contributed by atoms with van der Waals surface area (Å²) in [4.78, 5) is 21.9. The smallest absolute Gasteiger partial charge is 0.407 e. The van der Waals surface area contributed by atoms with E-state index in [-0.39, 0.29) is 11.9 Å². The van der Waals surface area contributed by atoms with E-state index in [0.29, 0.717) is 0 Å². The molecule has 0 aromatic rings. The van der Waals surface area contributed by atoms with Gasteiger partial charge in [0.25, 0.3) is 0 Å². The molecule has 0 rings (SSSR count). The number of nitrogens with one attached hydrogen (secondary N) is 1. The minimum Gasteiger partial charge on any atom is -0.453 e. The minimum absolute atomic E-state index is 0.167. The van der Waals surface area contributed by atoms with Gasteiger partial charge in [-0.2, -0.15) is 0 Å². The lowest BCUT2D eigenvalue weighted by atomic mass is 10.1. The van der Waals surface area contributed by atoms with Crippen molar-refractivity contribution in [1.82, 2.24) is 5.32 Å². The Balaban J connectivity index is 4.26. The van der Waals surface area contributed by atoms with Gasteiger partial charge in [-0.25, -0.2) is 4.79 Å². The summed E-state index contributed by atoms with van der Waals surface area (Å²) >= 11 is 0. The van der Waals surface area contributed by atoms with Gasteiger partial charge in [0.15, 0.2) is 5.78 Å². The SMILES string of the molecule is COC(=O)N[C@H](C(C)=O)[C@H](C)OC. The van der Waals surface area contributed by atoms with Crippen LogP contribution in [-0.2, 0) is 14.3 Å². The lowest BCUT2D eigenvalue weighted by molar-refractivity contribution is -0.121. The summed E-state index contributed by atoms with van der Waals surface area (Å²) in [6.07, 6.45) is -0.999. The quantitative estimate of drug-likeness (QED) is 0.692. The number of carbonyl (C=O) groups is 2. The van der Waals surface area contributed by atoms with Crippen molar-refractivity contribution in [3.63, 3.8) is 0 Å². The largest absolute Gasteiger partial charge is 0.453 e. The molecule has 0 radical (unpaired) electrons. The van der Waals surface area contributed by atoms with E-state index in [1.165, 1.54) is 21.1 Å². The molecule has 1 amide bonds. The third-order valence-corrected chi connectivity index (χ3v) is 1.74. The molecule has 2 atom stereocenters. The van der Waals surface area contributed by atoms with Crippen molar-refractivity contribution in [3.05, 3.63) is 0 Å². The van der Waals surface area contributed by atoms with E-state index in [0.717, 1.165) is 0 Å². The summed E-state index contributed by atoms with van der Waals surface area (Å²) < 4.78 is 9.30. The van der Waals surface area contributed by atoms with Crippen molar-refractivity contribution in [2.75, 3.05) is 14.2 Å². The zero-order valence-corrected chi connectivity index (χ0v) is 8.29. The first-order valence-electron chi connectivity index (χ1n) is 3.90. The number of ketones is 1. The zero-order valence-electron chi connectivity index (χ0n) is 8.29. The average molecular weight is 189 g/mol. The molecule has 0 aliphatic carbocycles. The Hall–Kier alpha value is -1.10. The molecule has 0 heterocycles. The molecule has 5 nitrogen and oxygen atoms in total. The van der Waals surface area contributed by atoms with E-state index >= 15 is 0 Å². The van der Waals surface area contributed by atoms with E-state index in [1.807, 2.05) is 0 Å². The molecule has 13 heavy (non-hydrogen) atoms. The Morgan fingerprint density at radius 1 is 1.31 bits per heavy atom. The van der Waals surface area contributed by atoms with Gasteiger partial charge in [0, 0.05) is 7.11 Å². The topological polar surface area (TPSA) is 64.6 Å². The summed E-state index contributed by atoms with van der Waals surface area (Å²) in [6, 6.07) is -0.655. The van der Waals surface area contributed by atoms with Gasteiger partial charge in [-0.3, -0.25) is 4.79 Å². The van der Waals surface area contributed by atoms with Crippen molar-refractivity contribution < 1.29 is 19.1 Å². The molecule has 0 aromatic carbocycles. The van der Waals surface area contributed by atoms with Gasteiger partial charge in [-0.1, -0.05) is 0 Å². The predicted octanol–water partition coefficient (Wildman–Crippen LogP) is 0.335. The van der Waals surface area contributed by atoms with Crippen molar-refractivity contribution >= 4 is 11.9 Å². The first-order chi connectivity index (χ1) is 6.02. The van der Waals surface area contributed by atoms with E-state index in [2.05, 4.69) is 10.1 Å². The summed E-state index contributed by atoms with van der Waals surface area (Å²) in [5.74, 6) is -0.167. The van der Waals surface area contributed by atoms with Crippen LogP contribution in [0.3, 0.4) is 0 Å². The molecule has 0 unspecified atom stereocenters. The molecule has 76 valence electrons. The molecule has 1 N–H and O–H groups in total. The van der Waals surface area contributed by atoms with Crippen LogP contribution in [0.2, 0.25) is 0 Å². The van der Waals surface area contributed by atoms with Crippen LogP contribution in [0.4, 0.5) is 4.79 Å². The minimum atomic E-state index is -0.655. The Bertz CT molecular complexity index is 193. The number of Topliss-reactive ketones (excluding diaryl/α,β-unsaturated/α-hetero) is 1. The van der Waals surface area contributed by atoms with Gasteiger partial charge >= 0.3 is 6.09 Å². The second-order valence-corrected chi connectivity index (χ2v) is 2.67. The molecule has 0 spiro atoms. The van der Waals surface area contributed by atoms with Gasteiger partial charge in [-0.15, -0.1) is 0 Å². The van der Waals surface area contributed by atoms with Gasteiger partial charge in [-0.05, 0) is 13.8 Å². The van der Waals surface area contributed by atoms with Crippen LogP contribution in [0.25, 0.3) is 0 Å². The molecule has 0 bridgehead atoms. The highest BCUT2D eigenvalue weighted by Gasteiger charge is 2.23. The number of methoxy groups -OCH3 is 2. The average Bonchev–Trinajstić information content (AvgIpc) is 2.11. The Kier molecular flexibility index (Phi) is 5.06. The number of rotatable bonds is 4. The van der Waals surface area contributed by atoms with Gasteiger partial charge < -0.3 is 14.8 Å². The fraction of sp³-hybridized carbons (Fsp3) is 0.750. The van der Waals surface area contributed by atoms with Crippen molar-refractivity contribution in [3.8, 4) is 0 Å². The highest BCUT2D eigenvalue weighted by Crippen LogP contribution is 1.99. The van der Waals surface area contributed by atoms with Crippen molar-refractivity contribution in [1.29, 1.82) is 0 Å². The number of ether oxygens (including phenoxy) is 2. The maximum atomic E-state index is 11.0. The first-order valence-corrected chi connectivity index (χ1v) is 3.90. The number of alkyl carbamates (subject to hydrolysis) is 1. The standard InChI is InChI=1S/C8H15NO4/c1-5(10)7(6(2)12-3)9-8(11)13-4/h6-7H,1-4H3,(H,9,11)/t6-,7+/m0/s1. The van der Waals surface area contributed by atoms with Crippen LogP contribution in [0.1, 0.15) is 13.8 Å².